The summed E-state index contributed by atoms with van der Waals surface area (Å²) in [5, 5.41) is 5.92. The van der Waals surface area contributed by atoms with Crippen LogP contribution in [-0.4, -0.2) is 5.78 Å². The zero-order valence-electron chi connectivity index (χ0n) is 16.1. The molecule has 0 saturated heterocycles. The predicted octanol–water partition coefficient (Wildman–Crippen LogP) is 6.29. The van der Waals surface area contributed by atoms with Crippen molar-refractivity contribution in [2.24, 2.45) is 5.41 Å². The highest BCUT2D eigenvalue weighted by molar-refractivity contribution is 6.12. The first-order valence-electron chi connectivity index (χ1n) is 9.73. The van der Waals surface area contributed by atoms with E-state index in [1.54, 1.807) is 12.1 Å². The van der Waals surface area contributed by atoms with Crippen LogP contribution in [0.3, 0.4) is 0 Å². The summed E-state index contributed by atoms with van der Waals surface area (Å²) in [4.78, 5) is 13.3. The van der Waals surface area contributed by atoms with Crippen molar-refractivity contribution in [2.75, 3.05) is 5.32 Å². The molecule has 0 amide bonds. The second-order valence-electron chi connectivity index (χ2n) is 8.67. The molecule has 1 unspecified atom stereocenters. The van der Waals surface area contributed by atoms with Gasteiger partial charge in [-0.1, -0.05) is 56.3 Å². The Morgan fingerprint density at radius 3 is 2.50 bits per heavy atom. The molecule has 0 radical (unpaired) electrons. The van der Waals surface area contributed by atoms with Gasteiger partial charge in [0.25, 0.3) is 0 Å². The fourth-order valence-corrected chi connectivity index (χ4v) is 4.74. The van der Waals surface area contributed by atoms with Gasteiger partial charge in [-0.05, 0) is 51.9 Å². The molecule has 3 aromatic rings. The van der Waals surface area contributed by atoms with Crippen molar-refractivity contribution >= 4 is 27.8 Å². The number of rotatable bonds is 1. The summed E-state index contributed by atoms with van der Waals surface area (Å²) in [6.45, 7) is 4.32. The molecule has 2 aliphatic rings. The Labute approximate surface area is 164 Å². The monoisotopic (exact) mass is 371 g/mol. The minimum atomic E-state index is -0.267. The molecule has 140 valence electrons. The van der Waals surface area contributed by atoms with E-state index < -0.39 is 0 Å². The first-order valence-corrected chi connectivity index (χ1v) is 9.73. The van der Waals surface area contributed by atoms with Crippen molar-refractivity contribution in [1.29, 1.82) is 0 Å². The van der Waals surface area contributed by atoms with E-state index in [-0.39, 0.29) is 23.1 Å². The highest BCUT2D eigenvalue weighted by atomic mass is 19.1. The van der Waals surface area contributed by atoms with E-state index in [2.05, 4.69) is 43.4 Å². The van der Waals surface area contributed by atoms with Crippen LogP contribution in [0.2, 0.25) is 0 Å². The molecule has 0 bridgehead atoms. The molecule has 0 fully saturated rings. The second kappa shape index (κ2) is 6.03. The Balaban J connectivity index is 1.79. The van der Waals surface area contributed by atoms with Crippen molar-refractivity contribution in [2.45, 2.75) is 32.7 Å². The number of fused-ring (bicyclic) bond motifs is 4. The van der Waals surface area contributed by atoms with Crippen LogP contribution in [0, 0.1) is 11.2 Å². The molecular formula is C25H22FNO. The number of halogens is 1. The molecule has 1 atom stereocenters. The summed E-state index contributed by atoms with van der Waals surface area (Å²) in [6, 6.07) is 18.8. The number of hydrogen-bond donors (Lipinski definition) is 1. The minimum Gasteiger partial charge on any atom is -0.373 e. The van der Waals surface area contributed by atoms with E-state index in [1.807, 2.05) is 12.1 Å². The van der Waals surface area contributed by atoms with Crippen LogP contribution in [0.4, 0.5) is 10.1 Å². The van der Waals surface area contributed by atoms with Gasteiger partial charge in [0.1, 0.15) is 5.82 Å². The van der Waals surface area contributed by atoms with Gasteiger partial charge < -0.3 is 5.32 Å². The maximum atomic E-state index is 13.5. The van der Waals surface area contributed by atoms with Crippen molar-refractivity contribution in [3.8, 4) is 0 Å². The number of carbonyl (C=O) groups excluding carboxylic acids is 1. The van der Waals surface area contributed by atoms with E-state index in [0.29, 0.717) is 6.42 Å². The first-order chi connectivity index (χ1) is 13.4. The molecule has 1 aliphatic heterocycles. The fourth-order valence-electron chi connectivity index (χ4n) is 4.74. The average Bonchev–Trinajstić information content (AvgIpc) is 2.66. The molecule has 1 heterocycles. The molecule has 1 aliphatic carbocycles. The zero-order chi connectivity index (χ0) is 19.5. The number of anilines is 1. The van der Waals surface area contributed by atoms with Gasteiger partial charge in [-0.25, -0.2) is 4.39 Å². The van der Waals surface area contributed by atoms with E-state index in [1.165, 1.54) is 22.9 Å². The maximum Gasteiger partial charge on any atom is 0.162 e. The number of carbonyl (C=O) groups is 1. The Bertz CT molecular complexity index is 1140. The van der Waals surface area contributed by atoms with E-state index in [9.17, 15) is 9.18 Å². The lowest BCUT2D eigenvalue weighted by molar-refractivity contribution is -0.118. The average molecular weight is 371 g/mol. The molecular weight excluding hydrogens is 349 g/mol. The Morgan fingerprint density at radius 2 is 1.71 bits per heavy atom. The van der Waals surface area contributed by atoms with E-state index >= 15 is 0 Å². The molecule has 5 rings (SSSR count). The van der Waals surface area contributed by atoms with Gasteiger partial charge in [-0.2, -0.15) is 0 Å². The van der Waals surface area contributed by atoms with Crippen LogP contribution in [-0.2, 0) is 4.79 Å². The highest BCUT2D eigenvalue weighted by Crippen LogP contribution is 2.51. The highest BCUT2D eigenvalue weighted by Gasteiger charge is 2.40. The summed E-state index contributed by atoms with van der Waals surface area (Å²) in [5.41, 5.74) is 5.01. The van der Waals surface area contributed by atoms with Crippen LogP contribution in [0.5, 0.6) is 0 Å². The standard InChI is InChI=1S/C25H22FNO/c1-25(2)13-19-22-18-6-4-3-5-15(18)9-12-20(22)27-24(23(19)21(28)14-25)16-7-10-17(26)11-8-16/h3-12,24,27H,13-14H2,1-2H3. The summed E-state index contributed by atoms with van der Waals surface area (Å²) >= 11 is 0. The van der Waals surface area contributed by atoms with Gasteiger partial charge in [0.15, 0.2) is 5.78 Å². The van der Waals surface area contributed by atoms with Crippen LogP contribution < -0.4 is 5.32 Å². The van der Waals surface area contributed by atoms with Gasteiger partial charge in [-0.15, -0.1) is 0 Å². The molecule has 0 spiro atoms. The predicted molar refractivity (Wildman–Crippen MR) is 112 cm³/mol. The smallest absolute Gasteiger partial charge is 0.162 e. The summed E-state index contributed by atoms with van der Waals surface area (Å²) in [5.74, 6) is -0.0806. The largest absolute Gasteiger partial charge is 0.373 e. The Kier molecular flexibility index (Phi) is 3.70. The quantitative estimate of drug-likeness (QED) is 0.545. The lowest BCUT2D eigenvalue weighted by Crippen LogP contribution is -2.33. The van der Waals surface area contributed by atoms with Gasteiger partial charge in [0, 0.05) is 23.2 Å². The third-order valence-electron chi connectivity index (χ3n) is 5.94. The van der Waals surface area contributed by atoms with E-state index in [0.717, 1.165) is 34.4 Å². The molecule has 3 aromatic carbocycles. The molecule has 2 nitrogen and oxygen atoms in total. The lowest BCUT2D eigenvalue weighted by atomic mass is 9.68. The maximum absolute atomic E-state index is 13.5. The minimum absolute atomic E-state index is 0.0746. The van der Waals surface area contributed by atoms with Crippen LogP contribution in [0.15, 0.2) is 66.2 Å². The number of nitrogens with one attached hydrogen (secondary N) is 1. The molecule has 0 saturated carbocycles. The third kappa shape index (κ3) is 2.65. The Morgan fingerprint density at radius 1 is 0.964 bits per heavy atom. The van der Waals surface area contributed by atoms with Gasteiger partial charge in [-0.3, -0.25) is 4.79 Å². The van der Waals surface area contributed by atoms with Crippen LogP contribution in [0.1, 0.15) is 43.9 Å². The Hall–Kier alpha value is -2.94. The summed E-state index contributed by atoms with van der Waals surface area (Å²) in [7, 11) is 0. The van der Waals surface area contributed by atoms with Crippen molar-refractivity contribution in [1.82, 2.24) is 0 Å². The van der Waals surface area contributed by atoms with Crippen molar-refractivity contribution in [3.63, 3.8) is 0 Å². The number of allylic oxidation sites excluding steroid dienone is 1. The topological polar surface area (TPSA) is 29.1 Å². The second-order valence-corrected chi connectivity index (χ2v) is 8.67. The number of hydrogen-bond acceptors (Lipinski definition) is 2. The van der Waals surface area contributed by atoms with Crippen molar-refractivity contribution < 1.29 is 9.18 Å². The molecule has 1 N–H and O–H groups in total. The number of Topliss-reactive ketones (excluding diaryl/α,β-unsaturated/α-hetero) is 1. The van der Waals surface area contributed by atoms with E-state index in [4.69, 9.17) is 0 Å². The molecule has 3 heteroatoms. The fraction of sp³-hybridized carbons (Fsp3) is 0.240. The normalized spacial score (nSPS) is 20.5. The van der Waals surface area contributed by atoms with Crippen molar-refractivity contribution in [3.05, 3.63) is 83.2 Å². The van der Waals surface area contributed by atoms with Gasteiger partial charge >= 0.3 is 0 Å². The first kappa shape index (κ1) is 17.2. The molecule has 28 heavy (non-hydrogen) atoms. The van der Waals surface area contributed by atoms with Gasteiger partial charge in [0.2, 0.25) is 0 Å². The molecule has 0 aromatic heterocycles. The number of ketones is 1. The van der Waals surface area contributed by atoms with Gasteiger partial charge in [0.05, 0.1) is 6.04 Å². The van der Waals surface area contributed by atoms with Crippen LogP contribution in [0.25, 0.3) is 16.3 Å². The lowest BCUT2D eigenvalue weighted by Gasteiger charge is -2.40. The summed E-state index contributed by atoms with van der Waals surface area (Å²) < 4.78 is 13.5. The number of benzene rings is 3. The zero-order valence-corrected chi connectivity index (χ0v) is 16.1. The summed E-state index contributed by atoms with van der Waals surface area (Å²) in [6.07, 6.45) is 1.39. The SMILES string of the molecule is CC1(C)CC(=O)C2=C(C1)c1c(ccc3ccccc13)NC2c1ccc(F)cc1. The third-order valence-corrected chi connectivity index (χ3v) is 5.94. The van der Waals surface area contributed by atoms with Crippen LogP contribution >= 0.6 is 0 Å².